The van der Waals surface area contributed by atoms with Gasteiger partial charge in [-0.05, 0) is 35.9 Å². The Morgan fingerprint density at radius 1 is 1.10 bits per heavy atom. The Balaban J connectivity index is 2.01. The fourth-order valence-corrected chi connectivity index (χ4v) is 2.40. The maximum Gasteiger partial charge on any atom is 0.231 e. The van der Waals surface area contributed by atoms with Crippen LogP contribution in [0.4, 0.5) is 0 Å². The summed E-state index contributed by atoms with van der Waals surface area (Å²) in [6.07, 6.45) is 1.55. The normalized spacial score (nSPS) is 15.3. The molecule has 1 N–H and O–H groups in total. The number of carbonyl (C=O) groups is 1. The predicted octanol–water partition coefficient (Wildman–Crippen LogP) is 4.32. The molecule has 0 saturated heterocycles. The number of halogens is 2. The van der Waals surface area contributed by atoms with Gasteiger partial charge in [0.25, 0.3) is 0 Å². The molecule has 1 heterocycles. The molecule has 0 aromatic heterocycles. The first-order chi connectivity index (χ1) is 9.54. The molecule has 1 aliphatic heterocycles. The summed E-state index contributed by atoms with van der Waals surface area (Å²) in [5, 5.41) is 10.3. The first-order valence-corrected chi connectivity index (χ1v) is 6.52. The van der Waals surface area contributed by atoms with E-state index in [1.54, 1.807) is 24.3 Å². The average Bonchev–Trinajstić information content (AvgIpc) is 2.69. The van der Waals surface area contributed by atoms with Crippen molar-refractivity contribution in [1.82, 2.24) is 0 Å². The number of allylic oxidation sites excluding steroid dienone is 1. The van der Waals surface area contributed by atoms with Gasteiger partial charge in [-0.25, -0.2) is 0 Å². The van der Waals surface area contributed by atoms with Crippen molar-refractivity contribution < 1.29 is 14.6 Å². The zero-order valence-corrected chi connectivity index (χ0v) is 11.6. The molecule has 20 heavy (non-hydrogen) atoms. The highest BCUT2D eigenvalue weighted by Gasteiger charge is 2.27. The van der Waals surface area contributed by atoms with Crippen LogP contribution in [-0.2, 0) is 0 Å². The summed E-state index contributed by atoms with van der Waals surface area (Å²) in [5.41, 5.74) is 1.05. The predicted molar refractivity (Wildman–Crippen MR) is 77.5 cm³/mol. The van der Waals surface area contributed by atoms with E-state index < -0.39 is 0 Å². The number of ether oxygens (including phenoxy) is 1. The molecule has 3 rings (SSSR count). The van der Waals surface area contributed by atoms with Crippen molar-refractivity contribution in [2.75, 3.05) is 0 Å². The van der Waals surface area contributed by atoms with Crippen LogP contribution in [-0.4, -0.2) is 10.9 Å². The summed E-state index contributed by atoms with van der Waals surface area (Å²) in [6, 6.07) is 9.34. The Kier molecular flexibility index (Phi) is 3.16. The van der Waals surface area contributed by atoms with Crippen LogP contribution in [0.3, 0.4) is 0 Å². The van der Waals surface area contributed by atoms with Gasteiger partial charge in [0.1, 0.15) is 11.5 Å². The molecule has 0 atom stereocenters. The lowest BCUT2D eigenvalue weighted by atomic mass is 10.1. The molecule has 0 saturated carbocycles. The van der Waals surface area contributed by atoms with Crippen molar-refractivity contribution >= 4 is 35.1 Å². The van der Waals surface area contributed by atoms with Crippen molar-refractivity contribution in [2.24, 2.45) is 0 Å². The Bertz CT molecular complexity index is 751. The molecular formula is C15H8Cl2O3. The number of Topliss-reactive ketones (excluding diaryl/α,β-unsaturated/α-hetero) is 1. The summed E-state index contributed by atoms with van der Waals surface area (Å²) in [4.78, 5) is 12.1. The van der Waals surface area contributed by atoms with Crippen molar-refractivity contribution in [3.05, 3.63) is 63.3 Å². The molecule has 0 radical (unpaired) electrons. The number of fused-ring (bicyclic) bond motifs is 1. The van der Waals surface area contributed by atoms with Gasteiger partial charge in [0, 0.05) is 16.1 Å². The Hall–Kier alpha value is -1.97. The van der Waals surface area contributed by atoms with Crippen LogP contribution in [0.25, 0.3) is 6.08 Å². The van der Waals surface area contributed by atoms with Crippen molar-refractivity contribution in [3.63, 3.8) is 0 Å². The van der Waals surface area contributed by atoms with Crippen LogP contribution in [0.2, 0.25) is 10.0 Å². The molecule has 5 heteroatoms. The van der Waals surface area contributed by atoms with Crippen molar-refractivity contribution in [1.29, 1.82) is 0 Å². The lowest BCUT2D eigenvalue weighted by Crippen LogP contribution is -1.98. The number of rotatable bonds is 1. The van der Waals surface area contributed by atoms with E-state index in [4.69, 9.17) is 27.9 Å². The third-order valence-electron chi connectivity index (χ3n) is 2.90. The fourth-order valence-electron chi connectivity index (χ4n) is 1.94. The number of carbonyl (C=O) groups excluding carboxylic acids is 1. The molecule has 0 spiro atoms. The van der Waals surface area contributed by atoms with Crippen molar-refractivity contribution in [3.8, 4) is 11.5 Å². The van der Waals surface area contributed by atoms with Gasteiger partial charge in [-0.15, -0.1) is 0 Å². The fraction of sp³-hybridized carbons (Fsp3) is 0. The van der Waals surface area contributed by atoms with E-state index in [1.807, 2.05) is 0 Å². The van der Waals surface area contributed by atoms with Gasteiger partial charge in [0.2, 0.25) is 5.78 Å². The molecule has 0 unspecified atom stereocenters. The Labute approximate surface area is 125 Å². The first kappa shape index (κ1) is 13.0. The molecule has 0 aliphatic carbocycles. The summed E-state index contributed by atoms with van der Waals surface area (Å²) in [6.45, 7) is 0. The standard InChI is InChI=1S/C15H8Cl2O3/c16-9-2-1-8(12(17)6-9)5-14-15(19)11-4-3-10(18)7-13(11)20-14/h1-7,18H/b14-5+. The quantitative estimate of drug-likeness (QED) is 0.798. The second-order valence-corrected chi connectivity index (χ2v) is 5.13. The van der Waals surface area contributed by atoms with Crippen LogP contribution in [0.1, 0.15) is 15.9 Å². The third kappa shape index (κ3) is 2.26. The second kappa shape index (κ2) is 4.85. The zero-order valence-electron chi connectivity index (χ0n) is 10.1. The van der Waals surface area contributed by atoms with Crippen LogP contribution in [0.5, 0.6) is 11.5 Å². The lowest BCUT2D eigenvalue weighted by molar-refractivity contribution is 0.101. The van der Waals surface area contributed by atoms with Crippen LogP contribution < -0.4 is 4.74 Å². The molecule has 0 amide bonds. The van der Waals surface area contributed by atoms with Gasteiger partial charge < -0.3 is 9.84 Å². The smallest absolute Gasteiger partial charge is 0.231 e. The highest BCUT2D eigenvalue weighted by molar-refractivity contribution is 6.35. The van der Waals surface area contributed by atoms with E-state index >= 15 is 0 Å². The van der Waals surface area contributed by atoms with Crippen LogP contribution in [0, 0.1) is 0 Å². The van der Waals surface area contributed by atoms with E-state index in [0.717, 1.165) is 0 Å². The summed E-state index contributed by atoms with van der Waals surface area (Å²) < 4.78 is 5.45. The summed E-state index contributed by atoms with van der Waals surface area (Å²) in [7, 11) is 0. The maximum absolute atomic E-state index is 12.1. The Morgan fingerprint density at radius 3 is 2.65 bits per heavy atom. The topological polar surface area (TPSA) is 46.5 Å². The molecule has 0 fully saturated rings. The lowest BCUT2D eigenvalue weighted by Gasteiger charge is -2.01. The minimum absolute atomic E-state index is 0.0438. The highest BCUT2D eigenvalue weighted by atomic mass is 35.5. The highest BCUT2D eigenvalue weighted by Crippen LogP contribution is 2.35. The van der Waals surface area contributed by atoms with E-state index in [1.165, 1.54) is 18.2 Å². The van der Waals surface area contributed by atoms with Gasteiger partial charge in [0.15, 0.2) is 5.76 Å². The zero-order chi connectivity index (χ0) is 14.3. The van der Waals surface area contributed by atoms with Gasteiger partial charge in [-0.3, -0.25) is 4.79 Å². The van der Waals surface area contributed by atoms with Crippen molar-refractivity contribution in [2.45, 2.75) is 0 Å². The van der Waals surface area contributed by atoms with E-state index in [-0.39, 0.29) is 17.3 Å². The van der Waals surface area contributed by atoms with Crippen LogP contribution >= 0.6 is 23.2 Å². The van der Waals surface area contributed by atoms with Crippen LogP contribution in [0.15, 0.2) is 42.2 Å². The third-order valence-corrected chi connectivity index (χ3v) is 3.47. The largest absolute Gasteiger partial charge is 0.508 e. The monoisotopic (exact) mass is 306 g/mol. The molecule has 1 aliphatic rings. The average molecular weight is 307 g/mol. The number of ketones is 1. The van der Waals surface area contributed by atoms with Gasteiger partial charge in [0.05, 0.1) is 5.56 Å². The number of hydrogen-bond acceptors (Lipinski definition) is 3. The molecular weight excluding hydrogens is 299 g/mol. The summed E-state index contributed by atoms with van der Waals surface area (Å²) >= 11 is 11.9. The summed E-state index contributed by atoms with van der Waals surface area (Å²) in [5.74, 6) is 0.300. The SMILES string of the molecule is O=C1/C(=C\c2ccc(Cl)cc2Cl)Oc2cc(O)ccc21. The first-order valence-electron chi connectivity index (χ1n) is 5.77. The van der Waals surface area contributed by atoms with E-state index in [9.17, 15) is 9.90 Å². The number of phenolic OH excluding ortho intramolecular Hbond substituents is 1. The number of aromatic hydroxyl groups is 1. The molecule has 2 aromatic carbocycles. The molecule has 0 bridgehead atoms. The second-order valence-electron chi connectivity index (χ2n) is 4.29. The molecule has 3 nitrogen and oxygen atoms in total. The minimum Gasteiger partial charge on any atom is -0.508 e. The van der Waals surface area contributed by atoms with E-state index in [0.29, 0.717) is 26.9 Å². The van der Waals surface area contributed by atoms with E-state index in [2.05, 4.69) is 0 Å². The minimum atomic E-state index is -0.244. The number of hydrogen-bond donors (Lipinski definition) is 1. The van der Waals surface area contributed by atoms with Gasteiger partial charge >= 0.3 is 0 Å². The molecule has 2 aromatic rings. The Morgan fingerprint density at radius 2 is 1.90 bits per heavy atom. The van der Waals surface area contributed by atoms with Gasteiger partial charge in [-0.1, -0.05) is 29.3 Å². The maximum atomic E-state index is 12.1. The molecule has 100 valence electrons. The number of benzene rings is 2. The van der Waals surface area contributed by atoms with Gasteiger partial charge in [-0.2, -0.15) is 0 Å². The number of phenols is 1.